The Balaban J connectivity index is 2.88. The van der Waals surface area contributed by atoms with Gasteiger partial charge in [0, 0.05) is 19.7 Å². The number of nitrogens with zero attached hydrogens (tertiary/aromatic N) is 1. The van der Waals surface area contributed by atoms with Crippen molar-refractivity contribution in [3.05, 3.63) is 35.4 Å². The molecule has 0 bridgehead atoms. The Morgan fingerprint density at radius 3 is 2.18 bits per heavy atom. The second-order valence-corrected chi connectivity index (χ2v) is 3.82. The predicted molar refractivity (Wildman–Crippen MR) is 63.4 cm³/mol. The lowest BCUT2D eigenvalue weighted by atomic mass is 10.1. The quantitative estimate of drug-likeness (QED) is 0.778. The third kappa shape index (κ3) is 3.04. The Hall–Kier alpha value is -1.88. The van der Waals surface area contributed by atoms with Crippen molar-refractivity contribution in [1.82, 2.24) is 4.90 Å². The summed E-state index contributed by atoms with van der Waals surface area (Å²) in [7, 11) is 4.64. The number of carbonyl (C=O) groups excluding carboxylic acids is 2. The van der Waals surface area contributed by atoms with Crippen LogP contribution in [0.2, 0.25) is 0 Å². The molecule has 5 nitrogen and oxygen atoms in total. The van der Waals surface area contributed by atoms with E-state index in [1.165, 1.54) is 12.0 Å². The van der Waals surface area contributed by atoms with Crippen LogP contribution in [0.4, 0.5) is 0 Å². The molecule has 17 heavy (non-hydrogen) atoms. The van der Waals surface area contributed by atoms with Crippen molar-refractivity contribution in [2.45, 2.75) is 6.04 Å². The minimum atomic E-state index is -0.816. The number of hydrogen-bond acceptors (Lipinski definition) is 4. The Kier molecular flexibility index (Phi) is 4.23. The van der Waals surface area contributed by atoms with Gasteiger partial charge in [-0.1, -0.05) is 12.1 Å². The first-order valence-corrected chi connectivity index (χ1v) is 5.12. The molecule has 0 spiro atoms. The minimum Gasteiger partial charge on any atom is -0.468 e. The number of amides is 1. The first kappa shape index (κ1) is 13.2. The summed E-state index contributed by atoms with van der Waals surface area (Å²) in [4.78, 5) is 24.3. The maximum Gasteiger partial charge on any atom is 0.327 e. The largest absolute Gasteiger partial charge is 0.468 e. The van der Waals surface area contributed by atoms with Crippen LogP contribution < -0.4 is 5.73 Å². The first-order valence-electron chi connectivity index (χ1n) is 5.12. The highest BCUT2D eigenvalue weighted by Gasteiger charge is 2.16. The molecule has 0 saturated heterocycles. The fourth-order valence-electron chi connectivity index (χ4n) is 1.35. The summed E-state index contributed by atoms with van der Waals surface area (Å²) in [6.07, 6.45) is 0. The van der Waals surface area contributed by atoms with Crippen LogP contribution in [-0.4, -0.2) is 38.0 Å². The molecule has 0 aliphatic carbocycles. The fraction of sp³-hybridized carbons (Fsp3) is 0.333. The molecule has 0 saturated carbocycles. The van der Waals surface area contributed by atoms with Gasteiger partial charge in [-0.05, 0) is 17.7 Å². The maximum atomic E-state index is 11.6. The van der Waals surface area contributed by atoms with Crippen molar-refractivity contribution < 1.29 is 14.3 Å². The number of rotatable bonds is 3. The molecule has 0 aromatic heterocycles. The first-order chi connectivity index (χ1) is 7.97. The second-order valence-electron chi connectivity index (χ2n) is 3.82. The molecule has 1 amide bonds. The summed E-state index contributed by atoms with van der Waals surface area (Å²) in [6, 6.07) is 5.76. The van der Waals surface area contributed by atoms with E-state index in [-0.39, 0.29) is 5.91 Å². The van der Waals surface area contributed by atoms with Gasteiger partial charge in [-0.15, -0.1) is 0 Å². The van der Waals surface area contributed by atoms with Gasteiger partial charge in [-0.25, -0.2) is 0 Å². The van der Waals surface area contributed by atoms with E-state index in [1.54, 1.807) is 38.4 Å². The fourth-order valence-corrected chi connectivity index (χ4v) is 1.35. The van der Waals surface area contributed by atoms with Crippen LogP contribution in [0.3, 0.4) is 0 Å². The summed E-state index contributed by atoms with van der Waals surface area (Å²) in [5.41, 5.74) is 6.83. The molecule has 2 N–H and O–H groups in total. The highest BCUT2D eigenvalue weighted by molar-refractivity contribution is 5.94. The molecular weight excluding hydrogens is 220 g/mol. The van der Waals surface area contributed by atoms with E-state index >= 15 is 0 Å². The number of hydrogen-bond donors (Lipinski definition) is 1. The van der Waals surface area contributed by atoms with Crippen LogP contribution in [0.5, 0.6) is 0 Å². The van der Waals surface area contributed by atoms with Crippen LogP contribution in [0.15, 0.2) is 24.3 Å². The highest BCUT2D eigenvalue weighted by atomic mass is 16.5. The van der Waals surface area contributed by atoms with Crippen molar-refractivity contribution in [2.75, 3.05) is 21.2 Å². The summed E-state index contributed by atoms with van der Waals surface area (Å²) in [5, 5.41) is 0. The van der Waals surface area contributed by atoms with E-state index in [9.17, 15) is 9.59 Å². The number of ether oxygens (including phenoxy) is 1. The molecule has 1 atom stereocenters. The molecule has 1 aromatic carbocycles. The molecule has 92 valence electrons. The van der Waals surface area contributed by atoms with Gasteiger partial charge in [0.1, 0.15) is 6.04 Å². The van der Waals surface area contributed by atoms with Gasteiger partial charge in [0.05, 0.1) is 7.11 Å². The average molecular weight is 236 g/mol. The molecular formula is C12H16N2O3. The minimum absolute atomic E-state index is 0.0943. The van der Waals surface area contributed by atoms with Crippen molar-refractivity contribution in [3.8, 4) is 0 Å². The van der Waals surface area contributed by atoms with Crippen molar-refractivity contribution in [3.63, 3.8) is 0 Å². The zero-order valence-corrected chi connectivity index (χ0v) is 10.1. The van der Waals surface area contributed by atoms with Crippen molar-refractivity contribution in [1.29, 1.82) is 0 Å². The van der Waals surface area contributed by atoms with E-state index in [0.717, 1.165) is 0 Å². The van der Waals surface area contributed by atoms with Gasteiger partial charge in [0.25, 0.3) is 5.91 Å². The van der Waals surface area contributed by atoms with Crippen LogP contribution >= 0.6 is 0 Å². The summed E-state index contributed by atoms with van der Waals surface area (Å²) in [6.45, 7) is 0. The van der Waals surface area contributed by atoms with Crippen molar-refractivity contribution >= 4 is 11.9 Å². The molecule has 0 aliphatic rings. The van der Waals surface area contributed by atoms with E-state index < -0.39 is 12.0 Å². The Labute approximate surface area is 100 Å². The number of nitrogens with two attached hydrogens (primary N) is 1. The van der Waals surface area contributed by atoms with Crippen LogP contribution in [0.1, 0.15) is 22.0 Å². The van der Waals surface area contributed by atoms with Gasteiger partial charge in [-0.3, -0.25) is 9.59 Å². The van der Waals surface area contributed by atoms with Gasteiger partial charge in [0.15, 0.2) is 0 Å². The van der Waals surface area contributed by atoms with Crippen LogP contribution in [-0.2, 0) is 9.53 Å². The molecule has 1 aromatic rings. The molecule has 1 unspecified atom stereocenters. The Morgan fingerprint density at radius 2 is 1.76 bits per heavy atom. The lowest BCUT2D eigenvalue weighted by Crippen LogP contribution is -2.23. The van der Waals surface area contributed by atoms with Crippen molar-refractivity contribution in [2.24, 2.45) is 5.73 Å². The van der Waals surface area contributed by atoms with E-state index in [1.807, 2.05) is 0 Å². The number of esters is 1. The maximum absolute atomic E-state index is 11.6. The number of benzene rings is 1. The normalized spacial score (nSPS) is 11.8. The van der Waals surface area contributed by atoms with Gasteiger partial charge >= 0.3 is 5.97 Å². The van der Waals surface area contributed by atoms with E-state index in [4.69, 9.17) is 5.73 Å². The Bertz CT molecular complexity index is 412. The van der Waals surface area contributed by atoms with Gasteiger partial charge < -0.3 is 15.4 Å². The second kappa shape index (κ2) is 5.45. The number of methoxy groups -OCH3 is 1. The van der Waals surface area contributed by atoms with E-state index in [2.05, 4.69) is 4.74 Å². The van der Waals surface area contributed by atoms with Crippen LogP contribution in [0.25, 0.3) is 0 Å². The standard InChI is InChI=1S/C12H16N2O3/c1-14(2)11(15)9-6-4-8(5-7-9)10(13)12(16)17-3/h4-7,10H,13H2,1-3H3. The molecule has 0 radical (unpaired) electrons. The van der Waals surface area contributed by atoms with E-state index in [0.29, 0.717) is 11.1 Å². The molecule has 0 fully saturated rings. The highest BCUT2D eigenvalue weighted by Crippen LogP contribution is 2.13. The zero-order chi connectivity index (χ0) is 13.0. The molecule has 0 aliphatic heterocycles. The third-order valence-corrected chi connectivity index (χ3v) is 2.38. The molecule has 5 heteroatoms. The van der Waals surface area contributed by atoms with Gasteiger partial charge in [-0.2, -0.15) is 0 Å². The zero-order valence-electron chi connectivity index (χ0n) is 10.1. The van der Waals surface area contributed by atoms with Crippen LogP contribution in [0, 0.1) is 0 Å². The predicted octanol–water partition coefficient (Wildman–Crippen LogP) is 0.561. The Morgan fingerprint density at radius 1 is 1.24 bits per heavy atom. The lowest BCUT2D eigenvalue weighted by Gasteiger charge is -2.12. The third-order valence-electron chi connectivity index (χ3n) is 2.38. The number of carbonyl (C=O) groups is 2. The summed E-state index contributed by atoms with van der Waals surface area (Å²) >= 11 is 0. The summed E-state index contributed by atoms with van der Waals surface area (Å²) in [5.74, 6) is -0.597. The molecule has 1 rings (SSSR count). The monoisotopic (exact) mass is 236 g/mol. The van der Waals surface area contributed by atoms with Gasteiger partial charge in [0.2, 0.25) is 0 Å². The SMILES string of the molecule is COC(=O)C(N)c1ccc(C(=O)N(C)C)cc1. The summed E-state index contributed by atoms with van der Waals surface area (Å²) < 4.78 is 4.54. The average Bonchev–Trinajstić information content (AvgIpc) is 2.36. The molecule has 0 heterocycles. The smallest absolute Gasteiger partial charge is 0.327 e. The topological polar surface area (TPSA) is 72.6 Å². The lowest BCUT2D eigenvalue weighted by molar-refractivity contribution is -0.142.